The summed E-state index contributed by atoms with van der Waals surface area (Å²) >= 11 is 5.88. The molecule has 2 rings (SSSR count). The van der Waals surface area contributed by atoms with Crippen molar-refractivity contribution in [3.8, 4) is 17.1 Å². The Morgan fingerprint density at radius 3 is 2.74 bits per heavy atom. The Bertz CT molecular complexity index is 621. The third kappa shape index (κ3) is 2.59. The molecule has 7 heteroatoms. The van der Waals surface area contributed by atoms with Crippen molar-refractivity contribution in [3.63, 3.8) is 0 Å². The van der Waals surface area contributed by atoms with E-state index in [1.165, 1.54) is 14.0 Å². The van der Waals surface area contributed by atoms with Crippen LogP contribution in [0.5, 0.6) is 5.75 Å². The van der Waals surface area contributed by atoms with Gasteiger partial charge in [-0.2, -0.15) is 0 Å². The van der Waals surface area contributed by atoms with Gasteiger partial charge in [-0.25, -0.2) is 20.2 Å². The Hall–Kier alpha value is -1.92. The number of aryl methyl sites for hydroxylation is 1. The predicted octanol–water partition coefficient (Wildman–Crippen LogP) is 2.54. The van der Waals surface area contributed by atoms with E-state index in [2.05, 4.69) is 15.4 Å². The number of ether oxygens (including phenoxy) is 1. The van der Waals surface area contributed by atoms with Crippen LogP contribution in [0.15, 0.2) is 18.2 Å². The van der Waals surface area contributed by atoms with Crippen molar-refractivity contribution in [3.05, 3.63) is 34.7 Å². The zero-order chi connectivity index (χ0) is 14.0. The largest absolute Gasteiger partial charge is 0.496 e. The van der Waals surface area contributed by atoms with Crippen molar-refractivity contribution in [1.29, 1.82) is 0 Å². The Kier molecular flexibility index (Phi) is 3.82. The van der Waals surface area contributed by atoms with Crippen LogP contribution in [-0.2, 0) is 0 Å². The van der Waals surface area contributed by atoms with Crippen molar-refractivity contribution in [2.45, 2.75) is 6.92 Å². The van der Waals surface area contributed by atoms with Crippen LogP contribution in [0.4, 0.5) is 10.2 Å². The fourth-order valence-electron chi connectivity index (χ4n) is 1.63. The van der Waals surface area contributed by atoms with Crippen LogP contribution >= 0.6 is 11.6 Å². The lowest BCUT2D eigenvalue weighted by Gasteiger charge is -2.10. The molecule has 0 fully saturated rings. The van der Waals surface area contributed by atoms with Gasteiger partial charge in [-0.1, -0.05) is 11.6 Å². The molecule has 0 saturated carbocycles. The number of hydrogen-bond acceptors (Lipinski definition) is 5. The zero-order valence-electron chi connectivity index (χ0n) is 10.4. The van der Waals surface area contributed by atoms with Gasteiger partial charge >= 0.3 is 0 Å². The van der Waals surface area contributed by atoms with Crippen molar-refractivity contribution < 1.29 is 9.13 Å². The second-order valence-corrected chi connectivity index (χ2v) is 4.22. The van der Waals surface area contributed by atoms with E-state index in [0.29, 0.717) is 22.2 Å². The maximum Gasteiger partial charge on any atom is 0.187 e. The molecule has 0 bridgehead atoms. The number of nitrogens with one attached hydrogen (secondary N) is 1. The third-order valence-corrected chi connectivity index (χ3v) is 2.79. The smallest absolute Gasteiger partial charge is 0.187 e. The number of hydrazine groups is 1. The van der Waals surface area contributed by atoms with Crippen molar-refractivity contribution in [1.82, 2.24) is 9.97 Å². The number of methoxy groups -OCH3 is 1. The van der Waals surface area contributed by atoms with Crippen LogP contribution < -0.4 is 16.0 Å². The number of benzene rings is 1. The summed E-state index contributed by atoms with van der Waals surface area (Å²) in [4.78, 5) is 8.10. The van der Waals surface area contributed by atoms with E-state index in [4.69, 9.17) is 22.2 Å². The van der Waals surface area contributed by atoms with E-state index >= 15 is 0 Å². The van der Waals surface area contributed by atoms with Gasteiger partial charge in [0.1, 0.15) is 5.75 Å². The van der Waals surface area contributed by atoms with Gasteiger partial charge < -0.3 is 10.2 Å². The van der Waals surface area contributed by atoms with E-state index in [0.717, 1.165) is 0 Å². The molecule has 0 unspecified atom stereocenters. The number of nitrogens with zero attached hydrogens (tertiary/aromatic N) is 2. The van der Waals surface area contributed by atoms with Crippen LogP contribution in [-0.4, -0.2) is 17.1 Å². The summed E-state index contributed by atoms with van der Waals surface area (Å²) in [6, 6.07) is 5.01. The lowest BCUT2D eigenvalue weighted by Crippen LogP contribution is -2.13. The molecule has 0 atom stereocenters. The Labute approximate surface area is 114 Å². The van der Waals surface area contributed by atoms with Crippen molar-refractivity contribution in [2.75, 3.05) is 12.5 Å². The molecule has 0 aliphatic rings. The van der Waals surface area contributed by atoms with Crippen molar-refractivity contribution >= 4 is 17.4 Å². The first-order valence-electron chi connectivity index (χ1n) is 5.41. The molecule has 0 saturated heterocycles. The molecule has 0 aliphatic carbocycles. The molecule has 5 nitrogen and oxygen atoms in total. The average molecular weight is 283 g/mol. The molecule has 1 aromatic heterocycles. The molecule has 0 aliphatic heterocycles. The summed E-state index contributed by atoms with van der Waals surface area (Å²) in [6.45, 7) is 1.53. The Morgan fingerprint density at radius 2 is 2.11 bits per heavy atom. The number of aromatic nitrogens is 2. The van der Waals surface area contributed by atoms with Crippen LogP contribution in [0.3, 0.4) is 0 Å². The van der Waals surface area contributed by atoms with Crippen LogP contribution in [0.1, 0.15) is 5.69 Å². The molecule has 0 radical (unpaired) electrons. The summed E-state index contributed by atoms with van der Waals surface area (Å²) in [5.41, 5.74) is 3.00. The molecule has 3 N–H and O–H groups in total. The maximum atomic E-state index is 13.6. The number of nitrogens with two attached hydrogens (primary N) is 1. The topological polar surface area (TPSA) is 73.1 Å². The molecule has 2 aromatic rings. The lowest BCUT2D eigenvalue weighted by molar-refractivity contribution is 0.416. The van der Waals surface area contributed by atoms with Crippen LogP contribution in [0.25, 0.3) is 11.4 Å². The number of rotatable bonds is 3. The highest BCUT2D eigenvalue weighted by atomic mass is 35.5. The molecule has 19 heavy (non-hydrogen) atoms. The highest BCUT2D eigenvalue weighted by Crippen LogP contribution is 2.31. The van der Waals surface area contributed by atoms with E-state index < -0.39 is 5.82 Å². The first-order chi connectivity index (χ1) is 9.06. The first kappa shape index (κ1) is 13.5. The SMILES string of the molecule is COc1cc(Cl)ccc1-c1nc(C)c(F)c(NN)n1. The van der Waals surface area contributed by atoms with Crippen molar-refractivity contribution in [2.24, 2.45) is 5.84 Å². The molecule has 0 spiro atoms. The van der Waals surface area contributed by atoms with E-state index in [1.807, 2.05) is 0 Å². The fourth-order valence-corrected chi connectivity index (χ4v) is 1.79. The maximum absolute atomic E-state index is 13.6. The van der Waals surface area contributed by atoms with Gasteiger partial charge in [0, 0.05) is 5.02 Å². The molecule has 0 amide bonds. The zero-order valence-corrected chi connectivity index (χ0v) is 11.1. The van der Waals surface area contributed by atoms with Crippen LogP contribution in [0.2, 0.25) is 5.02 Å². The van der Waals surface area contributed by atoms with Gasteiger partial charge in [-0.15, -0.1) is 0 Å². The van der Waals surface area contributed by atoms with Gasteiger partial charge in [0.2, 0.25) is 0 Å². The second kappa shape index (κ2) is 5.38. The molecule has 1 heterocycles. The first-order valence-corrected chi connectivity index (χ1v) is 5.79. The molecule has 1 aromatic carbocycles. The van der Waals surface area contributed by atoms with E-state index in [1.54, 1.807) is 18.2 Å². The number of halogens is 2. The summed E-state index contributed by atoms with van der Waals surface area (Å²) in [7, 11) is 1.51. The summed E-state index contributed by atoms with van der Waals surface area (Å²) in [5.74, 6) is 5.38. The quantitative estimate of drug-likeness (QED) is 0.668. The summed E-state index contributed by atoms with van der Waals surface area (Å²) in [5, 5.41) is 0.525. The normalized spacial score (nSPS) is 10.4. The Morgan fingerprint density at radius 1 is 1.37 bits per heavy atom. The minimum absolute atomic E-state index is 0.0699. The monoisotopic (exact) mass is 282 g/mol. The second-order valence-electron chi connectivity index (χ2n) is 3.78. The number of nitrogen functional groups attached to an aromatic ring is 1. The fraction of sp³-hybridized carbons (Fsp3) is 0.167. The molecular formula is C12H12ClFN4O. The predicted molar refractivity (Wildman–Crippen MR) is 71.5 cm³/mol. The highest BCUT2D eigenvalue weighted by molar-refractivity contribution is 6.30. The molecule has 100 valence electrons. The van der Waals surface area contributed by atoms with E-state index in [-0.39, 0.29) is 11.5 Å². The minimum Gasteiger partial charge on any atom is -0.496 e. The average Bonchev–Trinajstić information content (AvgIpc) is 2.41. The summed E-state index contributed by atoms with van der Waals surface area (Å²) in [6.07, 6.45) is 0. The van der Waals surface area contributed by atoms with E-state index in [9.17, 15) is 4.39 Å². The number of hydrogen-bond donors (Lipinski definition) is 2. The highest BCUT2D eigenvalue weighted by Gasteiger charge is 2.15. The number of anilines is 1. The lowest BCUT2D eigenvalue weighted by atomic mass is 10.2. The minimum atomic E-state index is -0.584. The Balaban J connectivity index is 2.62. The summed E-state index contributed by atoms with van der Waals surface area (Å²) < 4.78 is 18.8. The van der Waals surface area contributed by atoms with Gasteiger partial charge in [0.05, 0.1) is 18.4 Å². The van der Waals surface area contributed by atoms with Gasteiger partial charge in [-0.3, -0.25) is 0 Å². The van der Waals surface area contributed by atoms with Gasteiger partial charge in [0.25, 0.3) is 0 Å². The van der Waals surface area contributed by atoms with Gasteiger partial charge in [-0.05, 0) is 25.1 Å². The standard InChI is InChI=1S/C12H12ClFN4O/c1-6-10(14)12(18-15)17-11(16-6)8-4-3-7(13)5-9(8)19-2/h3-5H,15H2,1-2H3,(H,16,17,18). The third-order valence-electron chi connectivity index (χ3n) is 2.56. The van der Waals surface area contributed by atoms with Gasteiger partial charge in [0.15, 0.2) is 17.5 Å². The molecular weight excluding hydrogens is 271 g/mol. The van der Waals surface area contributed by atoms with Crippen LogP contribution in [0, 0.1) is 12.7 Å².